The predicted octanol–water partition coefficient (Wildman–Crippen LogP) is 3.42. The van der Waals surface area contributed by atoms with Crippen molar-refractivity contribution in [2.45, 2.75) is 40.0 Å². The highest BCUT2D eigenvalue weighted by Crippen LogP contribution is 2.15. The molecule has 3 heteroatoms. The second-order valence-electron chi connectivity index (χ2n) is 4.99. The molecule has 108 valence electrons. The van der Waals surface area contributed by atoms with Crippen LogP contribution in [0.3, 0.4) is 0 Å². The van der Waals surface area contributed by atoms with E-state index in [-0.39, 0.29) is 5.78 Å². The van der Waals surface area contributed by atoms with Gasteiger partial charge in [-0.1, -0.05) is 24.3 Å². The first kappa shape index (κ1) is 16.8. The lowest BCUT2D eigenvalue weighted by Gasteiger charge is -2.12. The second-order valence-corrected chi connectivity index (χ2v) is 5.62. The van der Waals surface area contributed by atoms with Gasteiger partial charge < -0.3 is 0 Å². The summed E-state index contributed by atoms with van der Waals surface area (Å²) in [5.74, 6) is 0.183. The standard InChI is InChI=1S/C17H24NOP/c1-5-14(11-12(2)19)16(18-4)10-9-15-7-6-8-17(20)13(15)3/h5-8H,9-11,20H2,1-4H3/b14-5-,18-16?. The molecule has 0 aromatic heterocycles. The first-order chi connectivity index (χ1) is 9.49. The van der Waals surface area contributed by atoms with Crippen molar-refractivity contribution in [1.29, 1.82) is 0 Å². The largest absolute Gasteiger partial charge is 0.300 e. The molecule has 20 heavy (non-hydrogen) atoms. The molecule has 1 aromatic rings. The van der Waals surface area contributed by atoms with E-state index in [1.807, 2.05) is 13.0 Å². The number of aliphatic imine (C=N–C) groups is 1. The molecule has 0 radical (unpaired) electrons. The maximum Gasteiger partial charge on any atom is 0.134 e. The summed E-state index contributed by atoms with van der Waals surface area (Å²) in [4.78, 5) is 15.7. The van der Waals surface area contributed by atoms with Crippen molar-refractivity contribution < 1.29 is 4.79 Å². The topological polar surface area (TPSA) is 29.4 Å². The van der Waals surface area contributed by atoms with E-state index in [1.165, 1.54) is 16.4 Å². The molecule has 0 heterocycles. The Labute approximate surface area is 124 Å². The van der Waals surface area contributed by atoms with Crippen molar-refractivity contribution in [1.82, 2.24) is 0 Å². The fraction of sp³-hybridized carbons (Fsp3) is 0.412. The van der Waals surface area contributed by atoms with Gasteiger partial charge in [-0.05, 0) is 55.6 Å². The number of nitrogens with zero attached hydrogens (tertiary/aromatic N) is 1. The SMILES string of the molecule is C/C=C(/CC(C)=O)C(CCc1cccc(P)c1C)=NC. The minimum Gasteiger partial charge on any atom is -0.300 e. The van der Waals surface area contributed by atoms with E-state index in [2.05, 4.69) is 39.4 Å². The van der Waals surface area contributed by atoms with Crippen LogP contribution < -0.4 is 5.30 Å². The van der Waals surface area contributed by atoms with Gasteiger partial charge in [0.25, 0.3) is 0 Å². The van der Waals surface area contributed by atoms with E-state index in [9.17, 15) is 4.79 Å². The monoisotopic (exact) mass is 289 g/mol. The molecule has 1 rings (SSSR count). The van der Waals surface area contributed by atoms with Crippen LogP contribution in [0.2, 0.25) is 0 Å². The maximum absolute atomic E-state index is 11.3. The van der Waals surface area contributed by atoms with Crippen LogP contribution in [0.1, 0.15) is 37.8 Å². The molecular weight excluding hydrogens is 265 g/mol. The summed E-state index contributed by atoms with van der Waals surface area (Å²) in [5.41, 5.74) is 4.76. The van der Waals surface area contributed by atoms with Gasteiger partial charge >= 0.3 is 0 Å². The van der Waals surface area contributed by atoms with Crippen LogP contribution in [-0.2, 0) is 11.2 Å². The van der Waals surface area contributed by atoms with Gasteiger partial charge in [0.15, 0.2) is 0 Å². The van der Waals surface area contributed by atoms with Gasteiger partial charge in [0, 0.05) is 19.2 Å². The molecular formula is C17H24NOP. The van der Waals surface area contributed by atoms with Gasteiger partial charge in [-0.15, -0.1) is 9.24 Å². The van der Waals surface area contributed by atoms with Gasteiger partial charge in [0.2, 0.25) is 0 Å². The molecule has 0 bridgehead atoms. The van der Waals surface area contributed by atoms with E-state index in [4.69, 9.17) is 0 Å². The van der Waals surface area contributed by atoms with Crippen LogP contribution in [0.4, 0.5) is 0 Å². The average molecular weight is 289 g/mol. The summed E-state index contributed by atoms with van der Waals surface area (Å²) in [5, 5.41) is 1.24. The van der Waals surface area contributed by atoms with Gasteiger partial charge in [-0.25, -0.2) is 0 Å². The molecule has 0 saturated carbocycles. The quantitative estimate of drug-likeness (QED) is 0.583. The number of allylic oxidation sites excluding steroid dienone is 2. The molecule has 1 unspecified atom stereocenters. The van der Waals surface area contributed by atoms with E-state index >= 15 is 0 Å². The average Bonchev–Trinajstić information content (AvgIpc) is 2.42. The van der Waals surface area contributed by atoms with Crippen LogP contribution in [0.25, 0.3) is 0 Å². The number of benzene rings is 1. The van der Waals surface area contributed by atoms with Crippen LogP contribution >= 0.6 is 9.24 Å². The Hall–Kier alpha value is -1.27. The van der Waals surface area contributed by atoms with Crippen molar-refractivity contribution in [2.75, 3.05) is 7.05 Å². The third-order valence-corrected chi connectivity index (χ3v) is 4.17. The summed E-state index contributed by atoms with van der Waals surface area (Å²) in [6, 6.07) is 6.35. The number of hydrogen-bond acceptors (Lipinski definition) is 2. The van der Waals surface area contributed by atoms with Crippen LogP contribution in [0.5, 0.6) is 0 Å². The second kappa shape index (κ2) is 8.11. The third kappa shape index (κ3) is 4.68. The lowest BCUT2D eigenvalue weighted by molar-refractivity contribution is -0.116. The van der Waals surface area contributed by atoms with E-state index in [0.29, 0.717) is 6.42 Å². The highest BCUT2D eigenvalue weighted by atomic mass is 31.0. The Bertz CT molecular complexity index is 544. The summed E-state index contributed by atoms with van der Waals surface area (Å²) in [6.45, 7) is 5.74. The van der Waals surface area contributed by atoms with Crippen molar-refractivity contribution >= 4 is 26.0 Å². The number of carbonyl (C=O) groups excluding carboxylic acids is 1. The summed E-state index contributed by atoms with van der Waals surface area (Å²) < 4.78 is 0. The molecule has 0 spiro atoms. The molecule has 0 aliphatic rings. The number of Topliss-reactive ketones (excluding diaryl/α,β-unsaturated/α-hetero) is 1. The number of aryl methyl sites for hydroxylation is 1. The number of ketones is 1. The van der Waals surface area contributed by atoms with Gasteiger partial charge in [0.05, 0.1) is 0 Å². The van der Waals surface area contributed by atoms with E-state index in [1.54, 1.807) is 14.0 Å². The van der Waals surface area contributed by atoms with Gasteiger partial charge in [0.1, 0.15) is 5.78 Å². The Balaban J connectivity index is 2.80. The number of hydrogen-bond donors (Lipinski definition) is 0. The number of rotatable bonds is 6. The lowest BCUT2D eigenvalue weighted by Crippen LogP contribution is -2.10. The van der Waals surface area contributed by atoms with Crippen LogP contribution in [0, 0.1) is 6.92 Å². The third-order valence-electron chi connectivity index (χ3n) is 3.55. The fourth-order valence-corrected chi connectivity index (χ4v) is 2.58. The maximum atomic E-state index is 11.3. The molecule has 0 fully saturated rings. The normalized spacial score (nSPS) is 12.7. The lowest BCUT2D eigenvalue weighted by atomic mass is 9.96. The molecule has 2 nitrogen and oxygen atoms in total. The van der Waals surface area contributed by atoms with Crippen molar-refractivity contribution in [3.05, 3.63) is 41.0 Å². The Morgan fingerprint density at radius 1 is 1.40 bits per heavy atom. The van der Waals surface area contributed by atoms with Crippen LogP contribution in [-0.4, -0.2) is 18.5 Å². The first-order valence-corrected chi connectivity index (χ1v) is 7.52. The Morgan fingerprint density at radius 3 is 2.65 bits per heavy atom. The van der Waals surface area contributed by atoms with Crippen molar-refractivity contribution in [3.8, 4) is 0 Å². The predicted molar refractivity (Wildman–Crippen MR) is 91.3 cm³/mol. The Morgan fingerprint density at radius 2 is 2.10 bits per heavy atom. The Kier molecular flexibility index (Phi) is 6.81. The molecule has 0 amide bonds. The first-order valence-electron chi connectivity index (χ1n) is 6.94. The molecule has 0 N–H and O–H groups in total. The highest BCUT2D eigenvalue weighted by Gasteiger charge is 2.09. The summed E-state index contributed by atoms with van der Waals surface area (Å²) >= 11 is 0. The summed E-state index contributed by atoms with van der Waals surface area (Å²) in [7, 11) is 4.57. The fourth-order valence-electron chi connectivity index (χ4n) is 2.28. The minimum absolute atomic E-state index is 0.183. The zero-order chi connectivity index (χ0) is 15.1. The van der Waals surface area contributed by atoms with Gasteiger partial charge in [-0.3, -0.25) is 9.79 Å². The minimum atomic E-state index is 0.183. The number of carbonyl (C=O) groups is 1. The molecule has 1 aromatic carbocycles. The van der Waals surface area contributed by atoms with E-state index in [0.717, 1.165) is 24.1 Å². The zero-order valence-corrected chi connectivity index (χ0v) is 14.0. The highest BCUT2D eigenvalue weighted by molar-refractivity contribution is 7.27. The summed E-state index contributed by atoms with van der Waals surface area (Å²) in [6.07, 6.45) is 4.31. The zero-order valence-electron chi connectivity index (χ0n) is 12.9. The van der Waals surface area contributed by atoms with Crippen molar-refractivity contribution in [3.63, 3.8) is 0 Å². The molecule has 0 saturated heterocycles. The van der Waals surface area contributed by atoms with E-state index < -0.39 is 0 Å². The van der Waals surface area contributed by atoms with Gasteiger partial charge in [-0.2, -0.15) is 0 Å². The smallest absolute Gasteiger partial charge is 0.134 e. The molecule has 0 aliphatic heterocycles. The van der Waals surface area contributed by atoms with Crippen molar-refractivity contribution in [2.24, 2.45) is 4.99 Å². The van der Waals surface area contributed by atoms with Crippen LogP contribution in [0.15, 0.2) is 34.8 Å². The molecule has 0 aliphatic carbocycles. The molecule has 1 atom stereocenters.